The maximum atomic E-state index is 11.1. The maximum absolute atomic E-state index is 11.1. The highest BCUT2D eigenvalue weighted by Gasteiger charge is 1.91. The molecule has 0 aromatic rings. The molecule has 0 aromatic carbocycles. The predicted molar refractivity (Wildman–Crippen MR) is 48.7 cm³/mol. The Kier molecular flexibility index (Phi) is 2.37. The zero-order chi connectivity index (χ0) is 10.7. The van der Waals surface area contributed by atoms with Crippen molar-refractivity contribution in [3.05, 3.63) is 68.5 Å². The molecule has 0 radical (unpaired) electrons. The topological polar surface area (TPSA) is 73.6 Å². The Morgan fingerprint density at radius 1 is 0.867 bits per heavy atom. The average Bonchev–Trinajstić information content (AvgIpc) is 2.40. The summed E-state index contributed by atoms with van der Waals surface area (Å²) in [7, 11) is 0. The number of rotatable bonds is 0. The third-order valence-corrected chi connectivity index (χ3v) is 1.57. The molecule has 2 aliphatic heterocycles. The van der Waals surface area contributed by atoms with Crippen molar-refractivity contribution in [1.29, 1.82) is 0 Å². The number of hydrogen-bond donors (Lipinski definition) is 0. The van der Waals surface area contributed by atoms with Gasteiger partial charge in [0.25, 0.3) is 0 Å². The van der Waals surface area contributed by atoms with Crippen molar-refractivity contribution in [2.24, 2.45) is 0 Å². The van der Waals surface area contributed by atoms with Crippen LogP contribution in [0, 0.1) is 11.0 Å². The Labute approximate surface area is 82.5 Å². The van der Waals surface area contributed by atoms with E-state index in [2.05, 4.69) is 0 Å². The van der Waals surface area contributed by atoms with Gasteiger partial charge in [0, 0.05) is 12.1 Å². The van der Waals surface area contributed by atoms with Gasteiger partial charge in [0.2, 0.25) is 5.42 Å². The first-order chi connectivity index (χ1) is 7.25. The SMILES string of the molecule is O=c1ccc(=O)oc2occccc=2o1. The molecule has 5 heteroatoms. The molecule has 2 rings (SSSR count). The van der Waals surface area contributed by atoms with Crippen molar-refractivity contribution in [2.45, 2.75) is 0 Å². The van der Waals surface area contributed by atoms with Crippen LogP contribution in [0.25, 0.3) is 0 Å². The van der Waals surface area contributed by atoms with E-state index in [9.17, 15) is 9.59 Å². The minimum atomic E-state index is -0.692. The monoisotopic (exact) mass is 206 g/mol. The summed E-state index contributed by atoms with van der Waals surface area (Å²) < 4.78 is 14.6. The third kappa shape index (κ3) is 2.14. The largest absolute Gasteiger partial charge is 0.431 e. The van der Waals surface area contributed by atoms with E-state index in [0.29, 0.717) is 0 Å². The molecule has 15 heavy (non-hydrogen) atoms. The molecule has 2 aliphatic rings. The van der Waals surface area contributed by atoms with Gasteiger partial charge >= 0.3 is 16.9 Å². The van der Waals surface area contributed by atoms with Crippen LogP contribution in [-0.2, 0) is 0 Å². The molecule has 0 aliphatic carbocycles. The first-order valence-electron chi connectivity index (χ1n) is 4.11. The third-order valence-electron chi connectivity index (χ3n) is 1.57. The average molecular weight is 206 g/mol. The second-order valence-electron chi connectivity index (χ2n) is 2.63. The fourth-order valence-corrected chi connectivity index (χ4v) is 0.969. The van der Waals surface area contributed by atoms with Gasteiger partial charge in [-0.3, -0.25) is 0 Å². The molecule has 0 fully saturated rings. The van der Waals surface area contributed by atoms with E-state index in [0.717, 1.165) is 12.1 Å². The summed E-state index contributed by atoms with van der Waals surface area (Å²) in [4.78, 5) is 22.2. The van der Waals surface area contributed by atoms with Gasteiger partial charge in [-0.25, -0.2) is 9.59 Å². The smallest absolute Gasteiger partial charge is 0.338 e. The lowest BCUT2D eigenvalue weighted by Gasteiger charge is -1.80. The first kappa shape index (κ1) is 9.26. The van der Waals surface area contributed by atoms with Crippen LogP contribution in [0.4, 0.5) is 0 Å². The van der Waals surface area contributed by atoms with Crippen LogP contribution in [0.15, 0.2) is 59.4 Å². The summed E-state index contributed by atoms with van der Waals surface area (Å²) in [5.74, 6) is 0. The highest BCUT2D eigenvalue weighted by molar-refractivity contribution is 4.89. The normalized spacial score (nSPS) is 9.87. The van der Waals surface area contributed by atoms with Crippen molar-refractivity contribution in [3.63, 3.8) is 0 Å². The van der Waals surface area contributed by atoms with Crippen LogP contribution in [0.2, 0.25) is 0 Å². The Morgan fingerprint density at radius 2 is 1.60 bits per heavy atom. The van der Waals surface area contributed by atoms with Crippen LogP contribution in [-0.4, -0.2) is 0 Å². The lowest BCUT2D eigenvalue weighted by molar-refractivity contribution is 0.304. The van der Waals surface area contributed by atoms with Crippen LogP contribution < -0.4 is 11.3 Å². The number of hydrogen-bond acceptors (Lipinski definition) is 5. The van der Waals surface area contributed by atoms with Crippen LogP contribution in [0.5, 0.6) is 0 Å². The van der Waals surface area contributed by atoms with Gasteiger partial charge in [0.15, 0.2) is 0 Å². The lowest BCUT2D eigenvalue weighted by Crippen LogP contribution is -1.99. The minimum Gasteiger partial charge on any atom is -0.431 e. The van der Waals surface area contributed by atoms with Gasteiger partial charge in [-0.1, -0.05) is 6.07 Å². The Hall–Kier alpha value is -2.30. The molecule has 0 saturated heterocycles. The maximum Gasteiger partial charge on any atom is 0.338 e. The van der Waals surface area contributed by atoms with E-state index in [-0.39, 0.29) is 11.0 Å². The summed E-state index contributed by atoms with van der Waals surface area (Å²) in [6.07, 6.45) is 1.31. The van der Waals surface area contributed by atoms with Crippen molar-refractivity contribution >= 4 is 0 Å². The molecule has 0 bridgehead atoms. The summed E-state index contributed by atoms with van der Waals surface area (Å²) >= 11 is 0. The molecule has 2 heterocycles. The molecule has 0 spiro atoms. The van der Waals surface area contributed by atoms with Gasteiger partial charge < -0.3 is 13.3 Å². The summed E-state index contributed by atoms with van der Waals surface area (Å²) in [5.41, 5.74) is -1.44. The Morgan fingerprint density at radius 3 is 2.40 bits per heavy atom. The van der Waals surface area contributed by atoms with E-state index >= 15 is 0 Å². The van der Waals surface area contributed by atoms with Gasteiger partial charge in [0.05, 0.1) is 6.26 Å². The molecule has 0 saturated carbocycles. The van der Waals surface area contributed by atoms with Crippen LogP contribution in [0.3, 0.4) is 0 Å². The summed E-state index contributed by atoms with van der Waals surface area (Å²) in [6.45, 7) is 0. The summed E-state index contributed by atoms with van der Waals surface area (Å²) in [5, 5.41) is 0. The second kappa shape index (κ2) is 3.83. The van der Waals surface area contributed by atoms with Crippen molar-refractivity contribution in [3.8, 4) is 0 Å². The zero-order valence-electron chi connectivity index (χ0n) is 7.51. The quantitative estimate of drug-likeness (QED) is 0.643. The molecular formula is C10H6O5. The second-order valence-corrected chi connectivity index (χ2v) is 2.63. The Balaban J connectivity index is 3.16. The van der Waals surface area contributed by atoms with E-state index in [1.54, 1.807) is 12.1 Å². The molecule has 0 N–H and O–H groups in total. The van der Waals surface area contributed by atoms with Crippen molar-refractivity contribution in [1.82, 2.24) is 0 Å². The predicted octanol–water partition coefficient (Wildman–Crippen LogP) is 1.04. The molecule has 0 unspecified atom stereocenters. The standard InChI is InChI=1S/C10H6O5/c11-8-4-5-9(12)15-10-7(14-8)3-1-2-6-13-10/h1-6H. The Bertz CT molecular complexity index is 616. The highest BCUT2D eigenvalue weighted by Crippen LogP contribution is 1.91. The van der Waals surface area contributed by atoms with E-state index in [4.69, 9.17) is 13.3 Å². The molecule has 5 nitrogen and oxygen atoms in total. The van der Waals surface area contributed by atoms with E-state index < -0.39 is 11.3 Å². The van der Waals surface area contributed by atoms with Gasteiger partial charge in [-0.15, -0.1) is 0 Å². The molecule has 0 aromatic heterocycles. The molecule has 0 amide bonds. The van der Waals surface area contributed by atoms with Crippen LogP contribution in [0.1, 0.15) is 0 Å². The fourth-order valence-electron chi connectivity index (χ4n) is 0.969. The fraction of sp³-hybridized carbons (Fsp3) is 0. The first-order valence-corrected chi connectivity index (χ1v) is 4.11. The van der Waals surface area contributed by atoms with Crippen LogP contribution >= 0.6 is 0 Å². The zero-order valence-corrected chi connectivity index (χ0v) is 7.51. The van der Waals surface area contributed by atoms with E-state index in [1.807, 2.05) is 0 Å². The van der Waals surface area contributed by atoms with Gasteiger partial charge in [-0.2, -0.15) is 0 Å². The minimum absolute atomic E-state index is 0.0581. The van der Waals surface area contributed by atoms with E-state index in [1.165, 1.54) is 12.3 Å². The van der Waals surface area contributed by atoms with Gasteiger partial charge in [0.1, 0.15) is 0 Å². The van der Waals surface area contributed by atoms with Crippen molar-refractivity contribution < 1.29 is 13.3 Å². The lowest BCUT2D eigenvalue weighted by atomic mass is 10.5. The van der Waals surface area contributed by atoms with Crippen molar-refractivity contribution in [2.75, 3.05) is 0 Å². The molecule has 76 valence electrons. The highest BCUT2D eigenvalue weighted by atomic mass is 16.5. The molecule has 0 atom stereocenters. The summed E-state index contributed by atoms with van der Waals surface area (Å²) in [6, 6.07) is 6.57. The molecular weight excluding hydrogens is 200 g/mol. The van der Waals surface area contributed by atoms with Gasteiger partial charge in [-0.05, 0) is 12.1 Å².